The quantitative estimate of drug-likeness (QED) is 0.860. The van der Waals surface area contributed by atoms with E-state index in [-0.39, 0.29) is 11.8 Å². The van der Waals surface area contributed by atoms with Crippen molar-refractivity contribution in [1.29, 1.82) is 0 Å². The minimum absolute atomic E-state index is 0.0584. The molecule has 2 aliphatic heterocycles. The second-order valence-electron chi connectivity index (χ2n) is 7.04. The second kappa shape index (κ2) is 7.74. The fraction of sp³-hybridized carbons (Fsp3) is 0.611. The van der Waals surface area contributed by atoms with Gasteiger partial charge in [-0.15, -0.1) is 0 Å². The van der Waals surface area contributed by atoms with Gasteiger partial charge in [0.2, 0.25) is 15.9 Å². The molecule has 0 saturated carbocycles. The van der Waals surface area contributed by atoms with Crippen LogP contribution in [0.3, 0.4) is 0 Å². The van der Waals surface area contributed by atoms with Gasteiger partial charge in [0.05, 0.1) is 12.2 Å². The number of rotatable bonds is 5. The average Bonchev–Trinajstić information content (AvgIpc) is 3.14. The van der Waals surface area contributed by atoms with Gasteiger partial charge >= 0.3 is 0 Å². The number of anilines is 1. The lowest BCUT2D eigenvalue weighted by atomic mass is 9.99. The molecule has 1 amide bonds. The number of hydrogen-bond acceptors (Lipinski definition) is 4. The molecule has 3 rings (SSSR count). The maximum Gasteiger partial charge on any atom is 0.224 e. The molecule has 2 fully saturated rings. The molecule has 138 valence electrons. The zero-order valence-electron chi connectivity index (χ0n) is 14.8. The van der Waals surface area contributed by atoms with Crippen LogP contribution >= 0.6 is 0 Å². The van der Waals surface area contributed by atoms with E-state index in [1.807, 2.05) is 0 Å². The summed E-state index contributed by atoms with van der Waals surface area (Å²) in [5.41, 5.74) is 2.30. The van der Waals surface area contributed by atoms with E-state index in [1.165, 1.54) is 29.1 Å². The van der Waals surface area contributed by atoms with Crippen LogP contribution in [0.25, 0.3) is 0 Å². The molecular formula is C18H27N3O3S. The maximum atomic E-state index is 12.4. The average molecular weight is 365 g/mol. The highest BCUT2D eigenvalue weighted by molar-refractivity contribution is 7.88. The summed E-state index contributed by atoms with van der Waals surface area (Å²) in [7, 11) is -3.22. The lowest BCUT2D eigenvalue weighted by molar-refractivity contribution is -0.126. The van der Waals surface area contributed by atoms with Gasteiger partial charge in [0, 0.05) is 38.4 Å². The first-order valence-corrected chi connectivity index (χ1v) is 10.8. The molecule has 0 radical (unpaired) electrons. The number of benzene rings is 1. The van der Waals surface area contributed by atoms with Gasteiger partial charge in [-0.3, -0.25) is 4.79 Å². The summed E-state index contributed by atoms with van der Waals surface area (Å²) < 4.78 is 24.7. The van der Waals surface area contributed by atoms with Crippen LogP contribution in [0.4, 0.5) is 5.69 Å². The molecule has 0 spiro atoms. The molecule has 1 aromatic carbocycles. The Balaban J connectivity index is 1.51. The Hall–Kier alpha value is -1.60. The number of carbonyl (C=O) groups excluding carboxylic acids is 1. The van der Waals surface area contributed by atoms with E-state index < -0.39 is 10.0 Å². The molecular weight excluding hydrogens is 338 g/mol. The number of sulfonamides is 1. The largest absolute Gasteiger partial charge is 0.372 e. The van der Waals surface area contributed by atoms with Gasteiger partial charge in [-0.2, -0.15) is 0 Å². The van der Waals surface area contributed by atoms with E-state index in [0.717, 1.165) is 31.5 Å². The van der Waals surface area contributed by atoms with Gasteiger partial charge in [-0.05, 0) is 43.4 Å². The first-order chi connectivity index (χ1) is 11.9. The normalized spacial score (nSPS) is 22.1. The van der Waals surface area contributed by atoms with E-state index >= 15 is 0 Å². The third kappa shape index (κ3) is 4.73. The Bertz CT molecular complexity index is 697. The van der Waals surface area contributed by atoms with Crippen LogP contribution in [0.15, 0.2) is 24.3 Å². The highest BCUT2D eigenvalue weighted by atomic mass is 32.2. The van der Waals surface area contributed by atoms with Crippen LogP contribution in [-0.2, 0) is 21.4 Å². The van der Waals surface area contributed by atoms with Crippen molar-refractivity contribution in [1.82, 2.24) is 9.62 Å². The Morgan fingerprint density at radius 3 is 2.44 bits per heavy atom. The molecule has 1 atom stereocenters. The summed E-state index contributed by atoms with van der Waals surface area (Å²) in [5.74, 6) is -0.315. The SMILES string of the molecule is CS(=O)(=O)N1CCCC(C(=O)NCc2ccc(N3CCCC3)cc2)C1. The minimum atomic E-state index is -3.22. The van der Waals surface area contributed by atoms with Gasteiger partial charge in [0.25, 0.3) is 0 Å². The molecule has 0 aromatic heterocycles. The van der Waals surface area contributed by atoms with Gasteiger partial charge in [-0.25, -0.2) is 12.7 Å². The lowest BCUT2D eigenvalue weighted by Gasteiger charge is -2.30. The first-order valence-electron chi connectivity index (χ1n) is 9.00. The summed E-state index contributed by atoms with van der Waals surface area (Å²) in [4.78, 5) is 14.8. The fourth-order valence-electron chi connectivity index (χ4n) is 3.59. The van der Waals surface area contributed by atoms with E-state index in [1.54, 1.807) is 0 Å². The summed E-state index contributed by atoms with van der Waals surface area (Å²) >= 11 is 0. The summed E-state index contributed by atoms with van der Waals surface area (Å²) in [5, 5.41) is 2.96. The predicted octanol–water partition coefficient (Wildman–Crippen LogP) is 1.57. The van der Waals surface area contributed by atoms with E-state index in [9.17, 15) is 13.2 Å². The number of carbonyl (C=O) groups is 1. The van der Waals surface area contributed by atoms with Crippen LogP contribution in [0, 0.1) is 5.92 Å². The van der Waals surface area contributed by atoms with Crippen molar-refractivity contribution >= 4 is 21.6 Å². The number of piperidine rings is 1. The highest BCUT2D eigenvalue weighted by Crippen LogP contribution is 2.21. The summed E-state index contributed by atoms with van der Waals surface area (Å²) in [6.45, 7) is 3.52. The third-order valence-corrected chi connectivity index (χ3v) is 6.37. The number of amides is 1. The van der Waals surface area contributed by atoms with Crippen LogP contribution in [0.2, 0.25) is 0 Å². The molecule has 1 unspecified atom stereocenters. The summed E-state index contributed by atoms with van der Waals surface area (Å²) in [6.07, 6.45) is 5.18. The lowest BCUT2D eigenvalue weighted by Crippen LogP contribution is -2.44. The molecule has 1 aromatic rings. The predicted molar refractivity (Wildman–Crippen MR) is 98.9 cm³/mol. The molecule has 2 saturated heterocycles. The maximum absolute atomic E-state index is 12.4. The molecule has 2 heterocycles. The van der Waals surface area contributed by atoms with Crippen LogP contribution in [0.5, 0.6) is 0 Å². The van der Waals surface area contributed by atoms with Gasteiger partial charge in [0.1, 0.15) is 0 Å². The van der Waals surface area contributed by atoms with Crippen LogP contribution < -0.4 is 10.2 Å². The molecule has 25 heavy (non-hydrogen) atoms. The first kappa shape index (κ1) is 18.2. The van der Waals surface area contributed by atoms with Gasteiger partial charge in [0.15, 0.2) is 0 Å². The van der Waals surface area contributed by atoms with Crippen molar-refractivity contribution in [2.75, 3.05) is 37.3 Å². The van der Waals surface area contributed by atoms with E-state index in [4.69, 9.17) is 0 Å². The molecule has 0 bridgehead atoms. The monoisotopic (exact) mass is 365 g/mol. The number of nitrogens with one attached hydrogen (secondary N) is 1. The molecule has 7 heteroatoms. The van der Waals surface area contributed by atoms with Crippen LogP contribution in [-0.4, -0.2) is 51.1 Å². The van der Waals surface area contributed by atoms with Gasteiger partial charge in [-0.1, -0.05) is 12.1 Å². The Morgan fingerprint density at radius 1 is 1.12 bits per heavy atom. The van der Waals surface area contributed by atoms with Crippen molar-refractivity contribution in [2.45, 2.75) is 32.2 Å². The third-order valence-electron chi connectivity index (χ3n) is 5.10. The molecule has 6 nitrogen and oxygen atoms in total. The van der Waals surface area contributed by atoms with Crippen molar-refractivity contribution in [2.24, 2.45) is 5.92 Å². The van der Waals surface area contributed by atoms with E-state index in [2.05, 4.69) is 34.5 Å². The van der Waals surface area contributed by atoms with Crippen molar-refractivity contribution in [3.8, 4) is 0 Å². The zero-order chi connectivity index (χ0) is 17.9. The summed E-state index contributed by atoms with van der Waals surface area (Å²) in [6, 6.07) is 8.33. The smallest absolute Gasteiger partial charge is 0.224 e. The molecule has 1 N–H and O–H groups in total. The molecule has 0 aliphatic carbocycles. The topological polar surface area (TPSA) is 69.7 Å². The highest BCUT2D eigenvalue weighted by Gasteiger charge is 2.29. The Labute approximate surface area is 150 Å². The Kier molecular flexibility index (Phi) is 5.64. The van der Waals surface area contributed by atoms with E-state index in [0.29, 0.717) is 19.6 Å². The minimum Gasteiger partial charge on any atom is -0.372 e. The zero-order valence-corrected chi connectivity index (χ0v) is 15.6. The number of hydrogen-bond donors (Lipinski definition) is 1. The van der Waals surface area contributed by atoms with Crippen LogP contribution in [0.1, 0.15) is 31.2 Å². The number of nitrogens with zero attached hydrogens (tertiary/aromatic N) is 2. The standard InChI is InChI=1S/C18H27N3O3S/c1-25(23,24)21-12-4-5-16(14-21)18(22)19-13-15-6-8-17(9-7-15)20-10-2-3-11-20/h6-9,16H,2-5,10-14H2,1H3,(H,19,22). The van der Waals surface area contributed by atoms with Crippen molar-refractivity contribution in [3.63, 3.8) is 0 Å². The second-order valence-corrected chi connectivity index (χ2v) is 9.02. The fourth-order valence-corrected chi connectivity index (χ4v) is 4.50. The van der Waals surface area contributed by atoms with Crippen molar-refractivity contribution < 1.29 is 13.2 Å². The van der Waals surface area contributed by atoms with Gasteiger partial charge < -0.3 is 10.2 Å². The molecule has 2 aliphatic rings. The Morgan fingerprint density at radius 2 is 1.80 bits per heavy atom. The van der Waals surface area contributed by atoms with Crippen molar-refractivity contribution in [3.05, 3.63) is 29.8 Å².